The number of likely N-dealkylation sites (tertiary alicyclic amines) is 1. The lowest BCUT2D eigenvalue weighted by Gasteiger charge is -2.35. The summed E-state index contributed by atoms with van der Waals surface area (Å²) in [6.07, 6.45) is 4.44. The first-order valence-corrected chi connectivity index (χ1v) is 24.9. The van der Waals surface area contributed by atoms with Crippen LogP contribution in [-0.2, 0) is 64.0 Å². The van der Waals surface area contributed by atoms with Gasteiger partial charge in [0.2, 0.25) is 21.8 Å². The van der Waals surface area contributed by atoms with E-state index in [9.17, 15) is 37.8 Å². The van der Waals surface area contributed by atoms with Crippen molar-refractivity contribution in [1.82, 2.24) is 30.1 Å². The number of carboxylic acids is 2. The van der Waals surface area contributed by atoms with Crippen LogP contribution in [0, 0.1) is 0 Å². The predicted octanol–water partition coefficient (Wildman–Crippen LogP) is 0.621. The van der Waals surface area contributed by atoms with Crippen LogP contribution in [0.15, 0.2) is 53.4 Å². The highest BCUT2D eigenvalue weighted by molar-refractivity contribution is 7.89. The van der Waals surface area contributed by atoms with E-state index in [0.29, 0.717) is 38.8 Å². The summed E-state index contributed by atoms with van der Waals surface area (Å²) in [6, 6.07) is 15.1. The van der Waals surface area contributed by atoms with E-state index in [1.54, 1.807) is 24.3 Å². The van der Waals surface area contributed by atoms with E-state index in [4.69, 9.17) is 33.2 Å². The number of amides is 2. The molecule has 2 aromatic rings. The number of benzene rings is 2. The number of carbonyl (C=O) groups excluding carboxylic acids is 2. The van der Waals surface area contributed by atoms with Crippen LogP contribution in [0.1, 0.15) is 43.4 Å². The number of ether oxygens (including phenoxy) is 7. The molecule has 2 amide bonds. The van der Waals surface area contributed by atoms with E-state index >= 15 is 0 Å². The smallest absolute Gasteiger partial charge is 0.317 e. The first-order valence-electron chi connectivity index (χ1n) is 23.4. The number of sulfonamides is 1. The summed E-state index contributed by atoms with van der Waals surface area (Å²) >= 11 is 0. The lowest BCUT2D eigenvalue weighted by molar-refractivity contribution is -0.141. The maximum Gasteiger partial charge on any atom is 0.317 e. The Morgan fingerprint density at radius 1 is 0.632 bits per heavy atom. The molecule has 2 aromatic carbocycles. The minimum absolute atomic E-state index is 0.0148. The average Bonchev–Trinajstić information content (AvgIpc) is 3.68. The van der Waals surface area contributed by atoms with Crippen LogP contribution < -0.4 is 20.1 Å². The van der Waals surface area contributed by atoms with Crippen LogP contribution in [0.5, 0.6) is 5.75 Å². The molecule has 0 aromatic heterocycles. The van der Waals surface area contributed by atoms with Crippen molar-refractivity contribution in [3.63, 3.8) is 0 Å². The Balaban J connectivity index is 1.01. The second kappa shape index (κ2) is 32.5. The third-order valence-electron chi connectivity index (χ3n) is 10.9. The van der Waals surface area contributed by atoms with Crippen molar-refractivity contribution in [2.45, 2.75) is 49.6 Å². The number of aliphatic carboxylic acids is 2. The molecule has 1 saturated heterocycles. The van der Waals surface area contributed by atoms with Gasteiger partial charge >= 0.3 is 11.9 Å². The van der Waals surface area contributed by atoms with E-state index in [1.807, 2.05) is 13.0 Å². The van der Waals surface area contributed by atoms with Gasteiger partial charge in [-0.15, -0.1) is 0 Å². The molecule has 5 N–H and O–H groups in total. The zero-order chi connectivity index (χ0) is 48.8. The quantitative estimate of drug-likeness (QED) is 0.0579. The Bertz CT molecular complexity index is 1890. The molecule has 0 spiro atoms. The summed E-state index contributed by atoms with van der Waals surface area (Å²) < 4.78 is 67.4. The van der Waals surface area contributed by atoms with E-state index in [1.165, 1.54) is 40.2 Å². The molecule has 21 nitrogen and oxygen atoms in total. The normalized spacial score (nSPS) is 16.2. The van der Waals surface area contributed by atoms with Gasteiger partial charge in [-0.1, -0.05) is 30.7 Å². The summed E-state index contributed by atoms with van der Waals surface area (Å²) in [6.45, 7) is 6.87. The monoisotopic (exact) mass is 980 g/mol. The summed E-state index contributed by atoms with van der Waals surface area (Å²) in [4.78, 5) is 53.3. The fourth-order valence-electron chi connectivity index (χ4n) is 7.69. The molecule has 0 unspecified atom stereocenters. The Morgan fingerprint density at radius 2 is 1.12 bits per heavy atom. The topological polar surface area (TPSA) is 253 Å². The van der Waals surface area contributed by atoms with Gasteiger partial charge in [0.25, 0.3) is 0 Å². The van der Waals surface area contributed by atoms with Gasteiger partial charge in [-0.25, -0.2) is 13.1 Å². The number of fused-ring (bicyclic) bond motifs is 1. The fourth-order valence-corrected chi connectivity index (χ4v) is 8.70. The number of carboxylic acid groups (broad SMARTS) is 2. The molecule has 68 heavy (non-hydrogen) atoms. The number of nitrogens with zero attached hydrogens (tertiary/aromatic N) is 3. The maximum atomic E-state index is 13.0. The zero-order valence-corrected chi connectivity index (χ0v) is 40.1. The van der Waals surface area contributed by atoms with E-state index in [0.717, 1.165) is 19.5 Å². The maximum absolute atomic E-state index is 13.0. The number of hydrogen-bond donors (Lipinski definition) is 5. The number of nitrogens with one attached hydrogen (secondary N) is 3. The van der Waals surface area contributed by atoms with Crippen molar-refractivity contribution in [3.8, 4) is 5.75 Å². The first-order chi connectivity index (χ1) is 32.9. The van der Waals surface area contributed by atoms with Gasteiger partial charge in [0, 0.05) is 39.3 Å². The molecule has 382 valence electrons. The predicted molar refractivity (Wildman–Crippen MR) is 249 cm³/mol. The molecule has 1 heterocycles. The highest BCUT2D eigenvalue weighted by Gasteiger charge is 2.38. The molecule has 0 radical (unpaired) electrons. The van der Waals surface area contributed by atoms with Gasteiger partial charge in [-0.3, -0.25) is 33.9 Å². The molecule has 1 aliphatic heterocycles. The Kier molecular flexibility index (Phi) is 26.9. The largest absolute Gasteiger partial charge is 0.484 e. The summed E-state index contributed by atoms with van der Waals surface area (Å²) in [5, 5.41) is 24.1. The molecule has 1 fully saturated rings. The fraction of sp³-hybridized carbons (Fsp3) is 0.652. The number of carbonyl (C=O) groups is 4. The average molecular weight is 981 g/mol. The lowest BCUT2D eigenvalue weighted by Crippen LogP contribution is -2.47. The third kappa shape index (κ3) is 22.4. The zero-order valence-electron chi connectivity index (χ0n) is 39.3. The molecular weight excluding hydrogens is 909 g/mol. The molecule has 4 rings (SSSR count). The molecule has 2 aliphatic rings. The second-order valence-corrected chi connectivity index (χ2v) is 17.9. The first kappa shape index (κ1) is 56.3. The second-order valence-electron chi connectivity index (χ2n) is 16.1. The van der Waals surface area contributed by atoms with Crippen LogP contribution in [-0.4, -0.2) is 214 Å². The van der Waals surface area contributed by atoms with Crippen molar-refractivity contribution in [1.29, 1.82) is 0 Å². The number of hydrogen-bond acceptors (Lipinski definition) is 16. The van der Waals surface area contributed by atoms with Gasteiger partial charge in [0.1, 0.15) is 11.9 Å². The van der Waals surface area contributed by atoms with Crippen LogP contribution in [0.4, 0.5) is 0 Å². The van der Waals surface area contributed by atoms with E-state index in [-0.39, 0.29) is 109 Å². The molecule has 0 bridgehead atoms. The van der Waals surface area contributed by atoms with Gasteiger partial charge in [-0.2, -0.15) is 0 Å². The van der Waals surface area contributed by atoms with Crippen LogP contribution >= 0.6 is 0 Å². The highest BCUT2D eigenvalue weighted by atomic mass is 32.2. The number of rotatable bonds is 38. The minimum Gasteiger partial charge on any atom is -0.484 e. The molecule has 1 aliphatic carbocycles. The minimum atomic E-state index is -3.76. The van der Waals surface area contributed by atoms with Crippen molar-refractivity contribution in [2.24, 2.45) is 0 Å². The van der Waals surface area contributed by atoms with Crippen molar-refractivity contribution in [2.75, 3.05) is 151 Å². The van der Waals surface area contributed by atoms with Crippen LogP contribution in [0.2, 0.25) is 0 Å². The Morgan fingerprint density at radius 3 is 1.63 bits per heavy atom. The van der Waals surface area contributed by atoms with Crippen LogP contribution in [0.3, 0.4) is 0 Å². The number of piperidine rings is 1. The van der Waals surface area contributed by atoms with Crippen molar-refractivity contribution in [3.05, 3.63) is 59.7 Å². The van der Waals surface area contributed by atoms with Gasteiger partial charge in [0.05, 0.1) is 110 Å². The molecular formula is C46H72N6O15S. The third-order valence-corrected chi connectivity index (χ3v) is 12.4. The molecule has 22 heteroatoms. The Hall–Kier alpha value is -4.33. The summed E-state index contributed by atoms with van der Waals surface area (Å²) in [5.41, 5.74) is 2.49. The SMILES string of the molecule is CCOCCOCCOCCNC(=O)CN(CCN(CC(=O)O)CC(=O)NCCOCCOCCOCCNS(=O)(=O)c1ccc(O[C@H]2c3ccccc3C[C@@H]2N2CCCCC2)cc1)CC(=O)O. The van der Waals surface area contributed by atoms with Gasteiger partial charge < -0.3 is 54.0 Å². The van der Waals surface area contributed by atoms with Gasteiger partial charge in [0.15, 0.2) is 0 Å². The van der Waals surface area contributed by atoms with Gasteiger partial charge in [-0.05, 0) is 74.7 Å². The van der Waals surface area contributed by atoms with Crippen LogP contribution in [0.25, 0.3) is 0 Å². The van der Waals surface area contributed by atoms with E-state index < -0.39 is 46.9 Å². The van der Waals surface area contributed by atoms with E-state index in [2.05, 4.69) is 38.5 Å². The highest BCUT2D eigenvalue weighted by Crippen LogP contribution is 2.39. The van der Waals surface area contributed by atoms with Crippen molar-refractivity contribution < 1.29 is 71.0 Å². The summed E-state index contributed by atoms with van der Waals surface area (Å²) in [7, 11) is -3.76. The molecule has 2 atom stereocenters. The lowest BCUT2D eigenvalue weighted by atomic mass is 10.0. The summed E-state index contributed by atoms with van der Waals surface area (Å²) in [5.74, 6) is -2.60. The Labute approximate surface area is 400 Å². The molecule has 0 saturated carbocycles. The van der Waals surface area contributed by atoms with Crippen molar-refractivity contribution >= 4 is 33.8 Å². The standard InChI is InChI=1S/C46H72N6O15S/c1-2-61-24-25-65-29-26-62-21-14-47-42(53)33-50(35-44(55)56)19-20-51(36-45(57)58)34-43(54)48-15-22-63-27-30-66-31-28-64-23-16-49-68(59,60)39-12-10-38(11-13-39)67-46-40-9-5-4-8-37(40)32-41(46)52-17-6-3-7-18-52/h4-5,8-13,41,46,49H,2-3,6-7,14-36H2,1H3,(H,47,53)(H,48,54)(H,55,56)(H,57,58)/t41-,46-/m0/s1.